The lowest BCUT2D eigenvalue weighted by Crippen LogP contribution is -2.50. The van der Waals surface area contributed by atoms with Crippen LogP contribution in [0.1, 0.15) is 21.8 Å². The first-order valence-corrected chi connectivity index (χ1v) is 10.1. The lowest BCUT2D eigenvalue weighted by atomic mass is 10.1. The summed E-state index contributed by atoms with van der Waals surface area (Å²) in [5, 5.41) is 0.967. The Bertz CT molecular complexity index is 979. The summed E-state index contributed by atoms with van der Waals surface area (Å²) < 4.78 is 14.5. The van der Waals surface area contributed by atoms with Crippen LogP contribution in [-0.2, 0) is 11.2 Å². The molecule has 0 unspecified atom stereocenters. The first-order valence-electron chi connectivity index (χ1n) is 9.27. The summed E-state index contributed by atoms with van der Waals surface area (Å²) in [5.74, 6) is -0.535. The molecule has 2 heterocycles. The molecule has 2 amide bonds. The third kappa shape index (κ3) is 4.04. The second kappa shape index (κ2) is 8.06. The van der Waals surface area contributed by atoms with Gasteiger partial charge in [-0.25, -0.2) is 9.37 Å². The largest absolute Gasteiger partial charge is 0.339 e. The minimum Gasteiger partial charge on any atom is -0.339 e. The van der Waals surface area contributed by atoms with Crippen LogP contribution in [0.2, 0.25) is 0 Å². The molecule has 0 spiro atoms. The van der Waals surface area contributed by atoms with E-state index in [-0.39, 0.29) is 11.8 Å². The second-order valence-corrected chi connectivity index (χ2v) is 7.87. The quantitative estimate of drug-likeness (QED) is 0.678. The van der Waals surface area contributed by atoms with Crippen LogP contribution in [0.3, 0.4) is 0 Å². The molecule has 0 aliphatic carbocycles. The Labute approximate surface area is 166 Å². The molecule has 28 heavy (non-hydrogen) atoms. The molecule has 0 saturated carbocycles. The minimum absolute atomic E-state index is 0.0807. The molecule has 144 valence electrons. The number of benzene rings is 2. The van der Waals surface area contributed by atoms with E-state index >= 15 is 0 Å². The fraction of sp³-hybridized carbons (Fsp3) is 0.286. The van der Waals surface area contributed by atoms with Crippen molar-refractivity contribution in [3.63, 3.8) is 0 Å². The fourth-order valence-electron chi connectivity index (χ4n) is 3.36. The number of para-hydroxylation sites is 1. The lowest BCUT2D eigenvalue weighted by Gasteiger charge is -2.34. The maximum absolute atomic E-state index is 13.3. The zero-order valence-corrected chi connectivity index (χ0v) is 16.1. The summed E-state index contributed by atoms with van der Waals surface area (Å²) in [6, 6.07) is 13.7. The molecule has 5 nitrogen and oxygen atoms in total. The zero-order chi connectivity index (χ0) is 19.5. The summed E-state index contributed by atoms with van der Waals surface area (Å²) in [7, 11) is 0. The van der Waals surface area contributed by atoms with E-state index in [1.807, 2.05) is 24.3 Å². The summed E-state index contributed by atoms with van der Waals surface area (Å²) in [6.07, 6.45) is 1.04. The summed E-state index contributed by atoms with van der Waals surface area (Å²) in [6.45, 7) is 1.92. The first kappa shape index (κ1) is 18.6. The Morgan fingerprint density at radius 1 is 1.00 bits per heavy atom. The van der Waals surface area contributed by atoms with Crippen molar-refractivity contribution in [3.05, 3.63) is 64.9 Å². The normalized spacial score (nSPS) is 14.5. The van der Waals surface area contributed by atoms with E-state index < -0.39 is 5.82 Å². The number of amides is 2. The monoisotopic (exact) mass is 397 g/mol. The van der Waals surface area contributed by atoms with Gasteiger partial charge in [-0.2, -0.15) is 0 Å². The Morgan fingerprint density at radius 2 is 1.75 bits per heavy atom. The number of rotatable bonds is 4. The molecule has 1 fully saturated rings. The van der Waals surface area contributed by atoms with Crippen molar-refractivity contribution in [2.24, 2.45) is 0 Å². The Balaban J connectivity index is 1.29. The highest BCUT2D eigenvalue weighted by atomic mass is 32.1. The molecule has 1 aliphatic heterocycles. The molecule has 7 heteroatoms. The first-order chi connectivity index (χ1) is 13.6. The van der Waals surface area contributed by atoms with Crippen LogP contribution in [0.25, 0.3) is 10.2 Å². The number of piperazine rings is 1. The SMILES string of the molecule is O=C(CCc1nc2ccccc2s1)N1CCN(C(=O)c2cccc(F)c2)CC1. The topological polar surface area (TPSA) is 53.5 Å². The van der Waals surface area contributed by atoms with Gasteiger partial charge in [0.05, 0.1) is 15.2 Å². The standard InChI is InChI=1S/C21H20FN3O2S/c22-16-5-3-4-15(14-16)21(27)25-12-10-24(11-13-25)20(26)9-8-19-23-17-6-1-2-7-18(17)28-19/h1-7,14H,8-13H2. The number of aromatic nitrogens is 1. The minimum atomic E-state index is -0.422. The van der Waals surface area contributed by atoms with Crippen molar-refractivity contribution in [2.45, 2.75) is 12.8 Å². The van der Waals surface area contributed by atoms with Gasteiger partial charge < -0.3 is 9.80 Å². The van der Waals surface area contributed by atoms with Gasteiger partial charge in [0.1, 0.15) is 5.82 Å². The molecule has 1 saturated heterocycles. The van der Waals surface area contributed by atoms with E-state index in [4.69, 9.17) is 0 Å². The van der Waals surface area contributed by atoms with Crippen LogP contribution in [0.15, 0.2) is 48.5 Å². The Morgan fingerprint density at radius 3 is 2.50 bits per heavy atom. The van der Waals surface area contributed by atoms with E-state index in [1.165, 1.54) is 18.2 Å². The average molecular weight is 397 g/mol. The number of hydrogen-bond acceptors (Lipinski definition) is 4. The molecule has 4 rings (SSSR count). The van der Waals surface area contributed by atoms with Gasteiger partial charge in [0.25, 0.3) is 5.91 Å². The molecule has 0 atom stereocenters. The number of hydrogen-bond donors (Lipinski definition) is 0. The molecule has 0 radical (unpaired) electrons. The van der Waals surface area contributed by atoms with Crippen LogP contribution >= 0.6 is 11.3 Å². The van der Waals surface area contributed by atoms with Crippen LogP contribution in [0.4, 0.5) is 4.39 Å². The predicted molar refractivity (Wildman–Crippen MR) is 107 cm³/mol. The highest BCUT2D eigenvalue weighted by Gasteiger charge is 2.25. The number of halogens is 1. The van der Waals surface area contributed by atoms with Gasteiger partial charge in [-0.05, 0) is 30.3 Å². The number of thiazole rings is 1. The molecule has 1 aliphatic rings. The van der Waals surface area contributed by atoms with E-state index in [2.05, 4.69) is 4.98 Å². The average Bonchev–Trinajstić information content (AvgIpc) is 3.14. The molecule has 0 bridgehead atoms. The molecule has 1 aromatic heterocycles. The van der Waals surface area contributed by atoms with Gasteiger partial charge >= 0.3 is 0 Å². The molecule has 3 aromatic rings. The van der Waals surface area contributed by atoms with E-state index in [0.717, 1.165) is 15.2 Å². The van der Waals surface area contributed by atoms with Crippen LogP contribution in [0, 0.1) is 5.82 Å². The summed E-state index contributed by atoms with van der Waals surface area (Å²) in [4.78, 5) is 33.0. The highest BCUT2D eigenvalue weighted by molar-refractivity contribution is 7.18. The van der Waals surface area contributed by atoms with Crippen molar-refractivity contribution in [2.75, 3.05) is 26.2 Å². The smallest absolute Gasteiger partial charge is 0.254 e. The van der Waals surface area contributed by atoms with E-state index in [0.29, 0.717) is 44.6 Å². The number of nitrogens with zero attached hydrogens (tertiary/aromatic N) is 3. The predicted octanol–water partition coefficient (Wildman–Crippen LogP) is 3.35. The van der Waals surface area contributed by atoms with Crippen molar-refractivity contribution in [3.8, 4) is 0 Å². The number of carbonyl (C=O) groups excluding carboxylic acids is 2. The van der Waals surface area contributed by atoms with Gasteiger partial charge in [-0.3, -0.25) is 9.59 Å². The van der Waals surface area contributed by atoms with Crippen LogP contribution in [0.5, 0.6) is 0 Å². The van der Waals surface area contributed by atoms with E-state index in [1.54, 1.807) is 27.2 Å². The summed E-state index contributed by atoms with van der Waals surface area (Å²) >= 11 is 1.62. The third-order valence-corrected chi connectivity index (χ3v) is 5.98. The molecule has 2 aromatic carbocycles. The van der Waals surface area contributed by atoms with Gasteiger partial charge in [-0.15, -0.1) is 11.3 Å². The lowest BCUT2D eigenvalue weighted by molar-refractivity contribution is -0.132. The highest BCUT2D eigenvalue weighted by Crippen LogP contribution is 2.22. The Kier molecular flexibility index (Phi) is 5.34. The molecular weight excluding hydrogens is 377 g/mol. The van der Waals surface area contributed by atoms with Crippen LogP contribution in [-0.4, -0.2) is 52.8 Å². The van der Waals surface area contributed by atoms with E-state index in [9.17, 15) is 14.0 Å². The summed E-state index contributed by atoms with van der Waals surface area (Å²) in [5.41, 5.74) is 1.31. The maximum Gasteiger partial charge on any atom is 0.254 e. The van der Waals surface area contributed by atoms with Crippen molar-refractivity contribution in [1.82, 2.24) is 14.8 Å². The van der Waals surface area contributed by atoms with Gasteiger partial charge in [0.2, 0.25) is 5.91 Å². The third-order valence-electron chi connectivity index (χ3n) is 4.88. The van der Waals surface area contributed by atoms with Gasteiger partial charge in [0, 0.05) is 44.6 Å². The maximum atomic E-state index is 13.3. The number of fused-ring (bicyclic) bond motifs is 1. The van der Waals surface area contributed by atoms with Crippen molar-refractivity contribution < 1.29 is 14.0 Å². The van der Waals surface area contributed by atoms with Crippen molar-refractivity contribution >= 4 is 33.4 Å². The number of carbonyl (C=O) groups is 2. The molecular formula is C21H20FN3O2S. The fourth-order valence-corrected chi connectivity index (χ4v) is 4.33. The molecule has 0 N–H and O–H groups in total. The Hall–Kier alpha value is -2.80. The zero-order valence-electron chi connectivity index (χ0n) is 15.3. The van der Waals surface area contributed by atoms with Gasteiger partial charge in [-0.1, -0.05) is 18.2 Å². The van der Waals surface area contributed by atoms with Crippen molar-refractivity contribution in [1.29, 1.82) is 0 Å². The number of aryl methyl sites for hydroxylation is 1. The van der Waals surface area contributed by atoms with Crippen LogP contribution < -0.4 is 0 Å². The second-order valence-electron chi connectivity index (χ2n) is 6.76. The van der Waals surface area contributed by atoms with Gasteiger partial charge in [0.15, 0.2) is 0 Å².